The van der Waals surface area contributed by atoms with E-state index < -0.39 is 5.38 Å². The van der Waals surface area contributed by atoms with Crippen LogP contribution < -0.4 is 5.43 Å². The predicted molar refractivity (Wildman–Crippen MR) is 44.7 cm³/mol. The average Bonchev–Trinajstić information content (AvgIpc) is 2.01. The molecule has 1 rings (SSSR count). The SMILES string of the molecule is CCN1NCC(Cl)C(Cl)C1=O. The van der Waals surface area contributed by atoms with Crippen molar-refractivity contribution in [2.75, 3.05) is 13.1 Å². The molecular formula is C6H10Cl2N2O. The van der Waals surface area contributed by atoms with E-state index in [0.717, 1.165) is 0 Å². The first kappa shape index (κ1) is 9.10. The summed E-state index contributed by atoms with van der Waals surface area (Å²) in [5.41, 5.74) is 2.87. The summed E-state index contributed by atoms with van der Waals surface area (Å²) in [6.07, 6.45) is 0. The fourth-order valence-electron chi connectivity index (χ4n) is 0.950. The zero-order valence-electron chi connectivity index (χ0n) is 6.18. The summed E-state index contributed by atoms with van der Waals surface area (Å²) in [5.74, 6) is -0.139. The van der Waals surface area contributed by atoms with Gasteiger partial charge in [0.15, 0.2) is 0 Å². The summed E-state index contributed by atoms with van der Waals surface area (Å²) >= 11 is 11.5. The average molecular weight is 197 g/mol. The molecule has 1 aliphatic rings. The molecule has 1 fully saturated rings. The highest BCUT2D eigenvalue weighted by Gasteiger charge is 2.32. The van der Waals surface area contributed by atoms with Crippen molar-refractivity contribution in [2.24, 2.45) is 0 Å². The molecule has 2 unspecified atom stereocenters. The smallest absolute Gasteiger partial charge is 0.256 e. The molecule has 1 amide bonds. The van der Waals surface area contributed by atoms with Crippen LogP contribution in [-0.4, -0.2) is 34.8 Å². The number of alkyl halides is 2. The normalized spacial score (nSPS) is 32.6. The largest absolute Gasteiger partial charge is 0.277 e. The second kappa shape index (κ2) is 3.61. The zero-order chi connectivity index (χ0) is 8.43. The lowest BCUT2D eigenvalue weighted by Crippen LogP contribution is -2.56. The lowest BCUT2D eigenvalue weighted by Gasteiger charge is -2.32. The van der Waals surface area contributed by atoms with Crippen molar-refractivity contribution >= 4 is 29.1 Å². The molecule has 0 radical (unpaired) electrons. The first-order valence-corrected chi connectivity index (χ1v) is 4.37. The summed E-state index contributed by atoms with van der Waals surface area (Å²) in [6.45, 7) is 3.05. The number of nitrogens with one attached hydrogen (secondary N) is 1. The van der Waals surface area contributed by atoms with Gasteiger partial charge in [0.2, 0.25) is 0 Å². The zero-order valence-corrected chi connectivity index (χ0v) is 7.69. The van der Waals surface area contributed by atoms with Crippen molar-refractivity contribution in [1.29, 1.82) is 0 Å². The predicted octanol–water partition coefficient (Wildman–Crippen LogP) is 0.568. The monoisotopic (exact) mass is 196 g/mol. The highest BCUT2D eigenvalue weighted by molar-refractivity contribution is 6.37. The van der Waals surface area contributed by atoms with Crippen molar-refractivity contribution in [1.82, 2.24) is 10.4 Å². The Hall–Kier alpha value is 0.01000. The number of amides is 1. The van der Waals surface area contributed by atoms with Crippen molar-refractivity contribution in [3.63, 3.8) is 0 Å². The number of carbonyl (C=O) groups excluding carboxylic acids is 1. The highest BCUT2D eigenvalue weighted by Crippen LogP contribution is 2.15. The molecule has 1 heterocycles. The number of hydrogen-bond donors (Lipinski definition) is 1. The van der Waals surface area contributed by atoms with E-state index in [1.807, 2.05) is 6.92 Å². The van der Waals surface area contributed by atoms with E-state index in [2.05, 4.69) is 5.43 Å². The molecule has 0 bridgehead atoms. The standard InChI is InChI=1S/C6H10Cl2N2O/c1-2-10-6(11)5(8)4(7)3-9-10/h4-5,9H,2-3H2,1H3. The van der Waals surface area contributed by atoms with Crippen LogP contribution in [-0.2, 0) is 4.79 Å². The minimum absolute atomic E-state index is 0.139. The second-order valence-electron chi connectivity index (χ2n) is 2.36. The molecule has 0 aromatic carbocycles. The number of hydrogen-bond acceptors (Lipinski definition) is 2. The van der Waals surface area contributed by atoms with Gasteiger partial charge in [-0.15, -0.1) is 23.2 Å². The number of halogens is 2. The van der Waals surface area contributed by atoms with Crippen LogP contribution in [0.1, 0.15) is 6.92 Å². The van der Waals surface area contributed by atoms with Crippen molar-refractivity contribution < 1.29 is 4.79 Å². The molecule has 0 aromatic heterocycles. The van der Waals surface area contributed by atoms with E-state index in [1.54, 1.807) is 0 Å². The van der Waals surface area contributed by atoms with Gasteiger partial charge in [0.25, 0.3) is 5.91 Å². The van der Waals surface area contributed by atoms with Crippen LogP contribution in [0.15, 0.2) is 0 Å². The van der Waals surface area contributed by atoms with Crippen molar-refractivity contribution in [3.05, 3.63) is 0 Å². The van der Waals surface area contributed by atoms with Gasteiger partial charge in [-0.25, -0.2) is 5.43 Å². The number of carbonyl (C=O) groups is 1. The van der Waals surface area contributed by atoms with Crippen LogP contribution in [0.3, 0.4) is 0 Å². The maximum Gasteiger partial charge on any atom is 0.256 e. The molecule has 5 heteroatoms. The molecule has 1 aliphatic heterocycles. The number of rotatable bonds is 1. The Bertz CT molecular complexity index is 161. The molecule has 3 nitrogen and oxygen atoms in total. The van der Waals surface area contributed by atoms with Crippen molar-refractivity contribution in [2.45, 2.75) is 17.7 Å². The molecule has 11 heavy (non-hydrogen) atoms. The van der Waals surface area contributed by atoms with E-state index >= 15 is 0 Å². The molecule has 64 valence electrons. The molecule has 1 N–H and O–H groups in total. The van der Waals surface area contributed by atoms with Crippen LogP contribution >= 0.6 is 23.2 Å². The third-order valence-corrected chi connectivity index (χ3v) is 2.64. The summed E-state index contributed by atoms with van der Waals surface area (Å²) in [4.78, 5) is 11.2. The summed E-state index contributed by atoms with van der Waals surface area (Å²) in [7, 11) is 0. The second-order valence-corrected chi connectivity index (χ2v) is 3.39. The topological polar surface area (TPSA) is 32.3 Å². The van der Waals surface area contributed by atoms with E-state index in [0.29, 0.717) is 13.1 Å². The lowest BCUT2D eigenvalue weighted by molar-refractivity contribution is -0.135. The Labute approximate surface area is 75.6 Å². The first-order chi connectivity index (χ1) is 5.16. The summed E-state index contributed by atoms with van der Waals surface area (Å²) < 4.78 is 0. The van der Waals surface area contributed by atoms with Gasteiger partial charge in [-0.1, -0.05) is 0 Å². The maximum atomic E-state index is 11.2. The van der Waals surface area contributed by atoms with Crippen LogP contribution in [0.4, 0.5) is 0 Å². The van der Waals surface area contributed by atoms with E-state index in [9.17, 15) is 4.79 Å². The molecule has 0 aromatic rings. The number of hydrazine groups is 1. The summed E-state index contributed by atoms with van der Waals surface area (Å²) in [5, 5.41) is 0.598. The van der Waals surface area contributed by atoms with Crippen LogP contribution in [0.2, 0.25) is 0 Å². The van der Waals surface area contributed by atoms with Crippen LogP contribution in [0.5, 0.6) is 0 Å². The Morgan fingerprint density at radius 2 is 2.36 bits per heavy atom. The fraction of sp³-hybridized carbons (Fsp3) is 0.833. The van der Waals surface area contributed by atoms with Gasteiger partial charge in [0.05, 0.1) is 5.38 Å². The third-order valence-electron chi connectivity index (χ3n) is 1.61. The molecule has 0 aliphatic carbocycles. The van der Waals surface area contributed by atoms with Gasteiger partial charge in [-0.2, -0.15) is 0 Å². The number of nitrogens with zero attached hydrogens (tertiary/aromatic N) is 1. The van der Waals surface area contributed by atoms with Gasteiger partial charge in [0.1, 0.15) is 5.38 Å². The Morgan fingerprint density at radius 3 is 2.91 bits per heavy atom. The molecule has 1 saturated heterocycles. The van der Waals surface area contributed by atoms with Gasteiger partial charge < -0.3 is 0 Å². The molecule has 0 saturated carbocycles. The van der Waals surface area contributed by atoms with E-state index in [-0.39, 0.29) is 11.3 Å². The Morgan fingerprint density at radius 1 is 1.73 bits per heavy atom. The van der Waals surface area contributed by atoms with E-state index in [1.165, 1.54) is 5.01 Å². The lowest BCUT2D eigenvalue weighted by atomic mass is 10.2. The molecule has 2 atom stereocenters. The Kier molecular flexibility index (Phi) is 2.98. The molecule has 0 spiro atoms. The summed E-state index contributed by atoms with van der Waals surface area (Å²) in [6, 6.07) is 0. The molecular weight excluding hydrogens is 187 g/mol. The minimum atomic E-state index is -0.585. The van der Waals surface area contributed by atoms with Crippen LogP contribution in [0.25, 0.3) is 0 Å². The van der Waals surface area contributed by atoms with E-state index in [4.69, 9.17) is 23.2 Å². The minimum Gasteiger partial charge on any atom is -0.277 e. The highest BCUT2D eigenvalue weighted by atomic mass is 35.5. The fourth-order valence-corrected chi connectivity index (χ4v) is 1.33. The van der Waals surface area contributed by atoms with Crippen molar-refractivity contribution in [3.8, 4) is 0 Å². The van der Waals surface area contributed by atoms with Gasteiger partial charge in [-0.3, -0.25) is 9.80 Å². The third kappa shape index (κ3) is 1.78. The van der Waals surface area contributed by atoms with Gasteiger partial charge in [0, 0.05) is 13.1 Å². The van der Waals surface area contributed by atoms with Crippen LogP contribution in [0, 0.1) is 0 Å². The van der Waals surface area contributed by atoms with Gasteiger partial charge >= 0.3 is 0 Å². The quantitative estimate of drug-likeness (QED) is 0.623. The first-order valence-electron chi connectivity index (χ1n) is 3.49. The maximum absolute atomic E-state index is 11.2. The van der Waals surface area contributed by atoms with Gasteiger partial charge in [-0.05, 0) is 6.92 Å². The Balaban J connectivity index is 2.59.